The molecule has 1 rings (SSSR count). The van der Waals surface area contributed by atoms with E-state index in [0.717, 1.165) is 12.6 Å². The summed E-state index contributed by atoms with van der Waals surface area (Å²) in [6.07, 6.45) is 3.52. The van der Waals surface area contributed by atoms with Crippen LogP contribution in [0.4, 0.5) is 0 Å². The lowest BCUT2D eigenvalue weighted by Crippen LogP contribution is -2.16. The number of hydrogen-bond acceptors (Lipinski definition) is 1. The lowest BCUT2D eigenvalue weighted by Gasteiger charge is -1.95. The molecular weight excluding hydrogens is 74.1 g/mol. The Morgan fingerprint density at radius 1 is 1.83 bits per heavy atom. The lowest BCUT2D eigenvalue weighted by atomic mass is 10.3. The van der Waals surface area contributed by atoms with E-state index in [-0.39, 0.29) is 0 Å². The predicted octanol–water partition coefficient (Wildman–Crippen LogP) is 0.572. The van der Waals surface area contributed by atoms with E-state index in [1.54, 1.807) is 0 Å². The minimum absolute atomic E-state index is 0.741. The zero-order valence-electron chi connectivity index (χ0n) is 4.07. The molecule has 0 bridgehead atoms. The molecule has 1 unspecified atom stereocenters. The van der Waals surface area contributed by atoms with Crippen molar-refractivity contribution in [1.82, 2.24) is 5.32 Å². The summed E-state index contributed by atoms with van der Waals surface area (Å²) in [5.74, 6) is 0. The Balaban J connectivity index is 2.18. The second-order valence-electron chi connectivity index (χ2n) is 1.83. The molecule has 1 saturated heterocycles. The Morgan fingerprint density at radius 2 is 2.67 bits per heavy atom. The van der Waals surface area contributed by atoms with Crippen LogP contribution in [0.2, 0.25) is 0 Å². The maximum atomic E-state index is 3.26. The second-order valence-corrected chi connectivity index (χ2v) is 1.83. The van der Waals surface area contributed by atoms with E-state index in [2.05, 4.69) is 18.7 Å². The van der Waals surface area contributed by atoms with Gasteiger partial charge in [0.1, 0.15) is 0 Å². The zero-order valence-corrected chi connectivity index (χ0v) is 4.07. The topological polar surface area (TPSA) is 12.0 Å². The number of hydrogen-bond donors (Lipinski definition) is 1. The highest BCUT2D eigenvalue weighted by Gasteiger charge is 2.05. The number of nitrogens with one attached hydrogen (secondary N) is 1. The fraction of sp³-hybridized carbons (Fsp3) is 0.800. The number of rotatable bonds is 0. The summed E-state index contributed by atoms with van der Waals surface area (Å²) in [4.78, 5) is 0. The van der Waals surface area contributed by atoms with Gasteiger partial charge < -0.3 is 5.32 Å². The maximum absolute atomic E-state index is 3.26. The molecular formula is C5H10N. The standard InChI is InChI=1S/C5H10N/c1-5-3-2-4-6-5/h2,5-6H,3-4H2,1H3. The van der Waals surface area contributed by atoms with Crippen molar-refractivity contribution in [2.75, 3.05) is 6.54 Å². The fourth-order valence-corrected chi connectivity index (χ4v) is 0.701. The van der Waals surface area contributed by atoms with Crippen molar-refractivity contribution in [3.05, 3.63) is 6.42 Å². The van der Waals surface area contributed by atoms with Crippen LogP contribution in [0, 0.1) is 6.42 Å². The second kappa shape index (κ2) is 1.61. The van der Waals surface area contributed by atoms with E-state index in [4.69, 9.17) is 0 Å². The molecule has 1 aliphatic rings. The summed E-state index contributed by atoms with van der Waals surface area (Å²) >= 11 is 0. The molecule has 1 heteroatoms. The van der Waals surface area contributed by atoms with Crippen molar-refractivity contribution in [1.29, 1.82) is 0 Å². The van der Waals surface area contributed by atoms with Gasteiger partial charge in [-0.25, -0.2) is 0 Å². The quantitative estimate of drug-likeness (QED) is 0.452. The largest absolute Gasteiger partial charge is 0.314 e. The van der Waals surface area contributed by atoms with E-state index in [1.807, 2.05) is 0 Å². The van der Waals surface area contributed by atoms with Crippen LogP contribution >= 0.6 is 0 Å². The molecule has 0 saturated carbocycles. The monoisotopic (exact) mass is 84.1 g/mol. The van der Waals surface area contributed by atoms with Gasteiger partial charge in [0.15, 0.2) is 0 Å². The first kappa shape index (κ1) is 4.13. The molecule has 1 nitrogen and oxygen atoms in total. The van der Waals surface area contributed by atoms with Gasteiger partial charge in [-0.1, -0.05) is 0 Å². The van der Waals surface area contributed by atoms with Gasteiger partial charge in [-0.05, 0) is 26.3 Å². The van der Waals surface area contributed by atoms with E-state index in [1.165, 1.54) is 6.42 Å². The average molecular weight is 84.1 g/mol. The van der Waals surface area contributed by atoms with E-state index < -0.39 is 0 Å². The molecule has 0 amide bonds. The zero-order chi connectivity index (χ0) is 4.41. The molecule has 1 radical (unpaired) electrons. The smallest absolute Gasteiger partial charge is 0.00420 e. The molecule has 0 aromatic rings. The summed E-state index contributed by atoms with van der Waals surface area (Å²) < 4.78 is 0. The molecule has 35 valence electrons. The minimum atomic E-state index is 0.741. The molecule has 6 heavy (non-hydrogen) atoms. The van der Waals surface area contributed by atoms with Gasteiger partial charge in [0, 0.05) is 6.04 Å². The third-order valence-corrected chi connectivity index (χ3v) is 1.13. The summed E-state index contributed by atoms with van der Waals surface area (Å²) in [6, 6.07) is 0.741. The Hall–Kier alpha value is -0.0400. The van der Waals surface area contributed by atoms with E-state index in [0.29, 0.717) is 0 Å². The molecule has 0 spiro atoms. The van der Waals surface area contributed by atoms with Crippen molar-refractivity contribution in [3.8, 4) is 0 Å². The van der Waals surface area contributed by atoms with Crippen LogP contribution < -0.4 is 5.32 Å². The Bertz CT molecular complexity index is 37.2. The molecule has 0 aromatic carbocycles. The minimum Gasteiger partial charge on any atom is -0.314 e. The third-order valence-electron chi connectivity index (χ3n) is 1.13. The highest BCUT2D eigenvalue weighted by atomic mass is 14.9. The van der Waals surface area contributed by atoms with Crippen LogP contribution in [0.25, 0.3) is 0 Å². The summed E-state index contributed by atoms with van der Waals surface area (Å²) in [5, 5.41) is 3.26. The molecule has 1 fully saturated rings. The fourth-order valence-electron chi connectivity index (χ4n) is 0.701. The molecule has 1 aliphatic heterocycles. The highest BCUT2D eigenvalue weighted by molar-refractivity contribution is 4.83. The van der Waals surface area contributed by atoms with Gasteiger partial charge >= 0.3 is 0 Å². The van der Waals surface area contributed by atoms with E-state index in [9.17, 15) is 0 Å². The van der Waals surface area contributed by atoms with Gasteiger partial charge in [0.25, 0.3) is 0 Å². The van der Waals surface area contributed by atoms with Crippen LogP contribution in [0.15, 0.2) is 0 Å². The van der Waals surface area contributed by atoms with E-state index >= 15 is 0 Å². The Labute approximate surface area is 38.7 Å². The van der Waals surface area contributed by atoms with Crippen LogP contribution in [0.5, 0.6) is 0 Å². The van der Waals surface area contributed by atoms with Crippen LogP contribution in [0.3, 0.4) is 0 Å². The van der Waals surface area contributed by atoms with Crippen LogP contribution in [0.1, 0.15) is 13.3 Å². The third kappa shape index (κ3) is 0.716. The van der Waals surface area contributed by atoms with Crippen molar-refractivity contribution in [2.24, 2.45) is 0 Å². The SMILES string of the molecule is CC1C[CH]CN1. The van der Waals surface area contributed by atoms with Crippen molar-refractivity contribution in [3.63, 3.8) is 0 Å². The van der Waals surface area contributed by atoms with Crippen molar-refractivity contribution in [2.45, 2.75) is 19.4 Å². The van der Waals surface area contributed by atoms with Gasteiger partial charge in [0.05, 0.1) is 0 Å². The predicted molar refractivity (Wildman–Crippen MR) is 26.4 cm³/mol. The highest BCUT2D eigenvalue weighted by Crippen LogP contribution is 2.00. The maximum Gasteiger partial charge on any atom is 0.00420 e. The van der Waals surface area contributed by atoms with Gasteiger partial charge in [-0.15, -0.1) is 0 Å². The summed E-state index contributed by atoms with van der Waals surface area (Å²) in [5.41, 5.74) is 0. The normalized spacial score (nSPS) is 34.5. The van der Waals surface area contributed by atoms with Crippen molar-refractivity contribution >= 4 is 0 Å². The van der Waals surface area contributed by atoms with Gasteiger partial charge in [-0.3, -0.25) is 0 Å². The molecule has 1 atom stereocenters. The van der Waals surface area contributed by atoms with Crippen LogP contribution in [-0.2, 0) is 0 Å². The summed E-state index contributed by atoms with van der Waals surface area (Å²) in [7, 11) is 0. The average Bonchev–Trinajstić information content (AvgIpc) is 1.86. The van der Waals surface area contributed by atoms with Crippen LogP contribution in [-0.4, -0.2) is 12.6 Å². The molecule has 1 N–H and O–H groups in total. The van der Waals surface area contributed by atoms with Crippen molar-refractivity contribution < 1.29 is 0 Å². The first-order valence-electron chi connectivity index (χ1n) is 2.44. The summed E-state index contributed by atoms with van der Waals surface area (Å²) in [6.45, 7) is 3.31. The lowest BCUT2D eigenvalue weighted by molar-refractivity contribution is 0.666. The Kier molecular flexibility index (Phi) is 1.10. The first-order chi connectivity index (χ1) is 2.89. The molecule has 0 aliphatic carbocycles. The molecule has 1 heterocycles. The Morgan fingerprint density at radius 3 is 2.83 bits per heavy atom. The van der Waals surface area contributed by atoms with Gasteiger partial charge in [-0.2, -0.15) is 0 Å². The molecule has 0 aromatic heterocycles. The first-order valence-corrected chi connectivity index (χ1v) is 2.44. The van der Waals surface area contributed by atoms with Gasteiger partial charge in [0.2, 0.25) is 0 Å².